The van der Waals surface area contributed by atoms with E-state index < -0.39 is 0 Å². The van der Waals surface area contributed by atoms with Crippen LogP contribution in [0.3, 0.4) is 0 Å². The van der Waals surface area contributed by atoms with Gasteiger partial charge < -0.3 is 14.5 Å². The standard InChI is InChI=1S/C20H24N4O2/c1-2-26-18-8-9-21-20(22-18)24-11-5-10-23(12-13-24)19(25)17-14-15-6-3-4-7-16(15)17/h3-4,6-9,17H,2,5,10-14H2,1H3. The molecule has 0 N–H and O–H groups in total. The van der Waals surface area contributed by atoms with Crippen LogP contribution in [0.25, 0.3) is 0 Å². The van der Waals surface area contributed by atoms with Crippen LogP contribution in [0.4, 0.5) is 5.95 Å². The predicted octanol–water partition coefficient (Wildman–Crippen LogP) is 2.25. The van der Waals surface area contributed by atoms with Crippen molar-refractivity contribution in [1.82, 2.24) is 14.9 Å². The molecule has 1 atom stereocenters. The summed E-state index contributed by atoms with van der Waals surface area (Å²) in [5.41, 5.74) is 2.51. The van der Waals surface area contributed by atoms with Crippen molar-refractivity contribution in [2.45, 2.75) is 25.7 Å². The molecule has 0 spiro atoms. The van der Waals surface area contributed by atoms with Crippen LogP contribution in [0.5, 0.6) is 5.88 Å². The number of anilines is 1. The zero-order valence-corrected chi connectivity index (χ0v) is 15.1. The Kier molecular flexibility index (Phi) is 4.73. The summed E-state index contributed by atoms with van der Waals surface area (Å²) in [5, 5.41) is 0. The Morgan fingerprint density at radius 2 is 2.08 bits per heavy atom. The van der Waals surface area contributed by atoms with Crippen molar-refractivity contribution in [3.05, 3.63) is 47.7 Å². The number of carbonyl (C=O) groups excluding carboxylic acids is 1. The molecule has 2 aromatic rings. The first kappa shape index (κ1) is 16.8. The van der Waals surface area contributed by atoms with E-state index in [0.717, 1.165) is 32.5 Å². The molecule has 1 unspecified atom stereocenters. The highest BCUT2D eigenvalue weighted by Gasteiger charge is 2.35. The van der Waals surface area contributed by atoms with Crippen molar-refractivity contribution >= 4 is 11.9 Å². The molecule has 1 aliphatic carbocycles. The lowest BCUT2D eigenvalue weighted by Gasteiger charge is -2.33. The number of fused-ring (bicyclic) bond motifs is 1. The molecule has 1 amide bonds. The van der Waals surface area contributed by atoms with Crippen molar-refractivity contribution in [1.29, 1.82) is 0 Å². The minimum Gasteiger partial charge on any atom is -0.478 e. The Bertz CT molecular complexity index is 795. The molecule has 0 radical (unpaired) electrons. The van der Waals surface area contributed by atoms with E-state index in [2.05, 4.69) is 27.0 Å². The largest absolute Gasteiger partial charge is 0.478 e. The third kappa shape index (κ3) is 3.23. The molecule has 1 saturated heterocycles. The number of aromatic nitrogens is 2. The van der Waals surface area contributed by atoms with E-state index in [1.807, 2.05) is 24.0 Å². The second-order valence-electron chi connectivity index (χ2n) is 6.75. The van der Waals surface area contributed by atoms with Gasteiger partial charge in [0.2, 0.25) is 17.7 Å². The van der Waals surface area contributed by atoms with Crippen LogP contribution in [0.2, 0.25) is 0 Å². The maximum Gasteiger partial charge on any atom is 0.230 e. The van der Waals surface area contributed by atoms with E-state index in [-0.39, 0.29) is 11.8 Å². The van der Waals surface area contributed by atoms with E-state index in [1.165, 1.54) is 11.1 Å². The molecular weight excluding hydrogens is 328 g/mol. The molecule has 6 heteroatoms. The van der Waals surface area contributed by atoms with E-state index in [4.69, 9.17) is 4.74 Å². The number of ether oxygens (including phenoxy) is 1. The van der Waals surface area contributed by atoms with Crippen molar-refractivity contribution in [2.24, 2.45) is 0 Å². The maximum atomic E-state index is 12.9. The first-order valence-corrected chi connectivity index (χ1v) is 9.33. The monoisotopic (exact) mass is 352 g/mol. The van der Waals surface area contributed by atoms with Gasteiger partial charge in [0.05, 0.1) is 12.5 Å². The second kappa shape index (κ2) is 7.32. The van der Waals surface area contributed by atoms with Gasteiger partial charge in [-0.05, 0) is 30.9 Å². The van der Waals surface area contributed by atoms with Gasteiger partial charge in [-0.15, -0.1) is 0 Å². The van der Waals surface area contributed by atoms with Crippen LogP contribution in [-0.2, 0) is 11.2 Å². The highest BCUT2D eigenvalue weighted by Crippen LogP contribution is 2.36. The van der Waals surface area contributed by atoms with Gasteiger partial charge in [-0.1, -0.05) is 24.3 Å². The van der Waals surface area contributed by atoms with Gasteiger partial charge in [0, 0.05) is 38.4 Å². The number of rotatable bonds is 4. The lowest BCUT2D eigenvalue weighted by atomic mass is 9.77. The van der Waals surface area contributed by atoms with Gasteiger partial charge in [0.15, 0.2) is 0 Å². The Balaban J connectivity index is 1.41. The van der Waals surface area contributed by atoms with Crippen LogP contribution in [0, 0.1) is 0 Å². The molecule has 26 heavy (non-hydrogen) atoms. The van der Waals surface area contributed by atoms with Crippen LogP contribution < -0.4 is 9.64 Å². The zero-order chi connectivity index (χ0) is 17.9. The number of nitrogens with zero attached hydrogens (tertiary/aromatic N) is 4. The average molecular weight is 352 g/mol. The van der Waals surface area contributed by atoms with Crippen LogP contribution in [-0.4, -0.2) is 53.6 Å². The number of benzene rings is 1. The Morgan fingerprint density at radius 3 is 2.92 bits per heavy atom. The molecule has 4 rings (SSSR count). The molecule has 1 fully saturated rings. The molecule has 0 bridgehead atoms. The topological polar surface area (TPSA) is 58.6 Å². The first-order valence-electron chi connectivity index (χ1n) is 9.33. The van der Waals surface area contributed by atoms with Gasteiger partial charge in [0.25, 0.3) is 0 Å². The highest BCUT2D eigenvalue weighted by atomic mass is 16.5. The molecule has 1 aromatic carbocycles. The Hall–Kier alpha value is -2.63. The quantitative estimate of drug-likeness (QED) is 0.845. The smallest absolute Gasteiger partial charge is 0.230 e. The van der Waals surface area contributed by atoms with E-state index >= 15 is 0 Å². The van der Waals surface area contributed by atoms with E-state index in [9.17, 15) is 4.79 Å². The van der Waals surface area contributed by atoms with Crippen LogP contribution in [0.15, 0.2) is 36.5 Å². The molecule has 136 valence electrons. The van der Waals surface area contributed by atoms with Crippen LogP contribution in [0.1, 0.15) is 30.4 Å². The zero-order valence-electron chi connectivity index (χ0n) is 15.1. The fraction of sp³-hybridized carbons (Fsp3) is 0.450. The molecule has 1 aromatic heterocycles. The number of carbonyl (C=O) groups is 1. The minimum atomic E-state index is 0.0373. The average Bonchev–Trinajstić information content (AvgIpc) is 2.89. The summed E-state index contributed by atoms with van der Waals surface area (Å²) >= 11 is 0. The van der Waals surface area contributed by atoms with Gasteiger partial charge in [-0.3, -0.25) is 4.79 Å². The number of hydrogen-bond donors (Lipinski definition) is 0. The fourth-order valence-electron chi connectivity index (χ4n) is 3.75. The summed E-state index contributed by atoms with van der Waals surface area (Å²) in [4.78, 5) is 25.9. The SMILES string of the molecule is CCOc1ccnc(N2CCCN(C(=O)C3Cc4ccccc43)CC2)n1. The minimum absolute atomic E-state index is 0.0373. The third-order valence-corrected chi connectivity index (χ3v) is 5.15. The summed E-state index contributed by atoms with van der Waals surface area (Å²) in [6.07, 6.45) is 3.52. The Morgan fingerprint density at radius 1 is 1.19 bits per heavy atom. The van der Waals surface area contributed by atoms with Crippen molar-refractivity contribution in [3.63, 3.8) is 0 Å². The predicted molar refractivity (Wildman–Crippen MR) is 99.5 cm³/mol. The maximum absolute atomic E-state index is 12.9. The molecule has 6 nitrogen and oxygen atoms in total. The van der Waals surface area contributed by atoms with Crippen molar-refractivity contribution in [3.8, 4) is 5.88 Å². The molecular formula is C20H24N4O2. The number of hydrogen-bond acceptors (Lipinski definition) is 5. The number of amides is 1. The van der Waals surface area contributed by atoms with Crippen molar-refractivity contribution in [2.75, 3.05) is 37.7 Å². The summed E-state index contributed by atoms with van der Waals surface area (Å²) in [6, 6.07) is 10.0. The van der Waals surface area contributed by atoms with Crippen molar-refractivity contribution < 1.29 is 9.53 Å². The van der Waals surface area contributed by atoms with Gasteiger partial charge in [0.1, 0.15) is 0 Å². The van der Waals surface area contributed by atoms with Gasteiger partial charge >= 0.3 is 0 Å². The summed E-state index contributed by atoms with van der Waals surface area (Å²) < 4.78 is 5.47. The lowest BCUT2D eigenvalue weighted by molar-refractivity contribution is -0.133. The van der Waals surface area contributed by atoms with Gasteiger partial charge in [-0.25, -0.2) is 4.98 Å². The van der Waals surface area contributed by atoms with Gasteiger partial charge in [-0.2, -0.15) is 4.98 Å². The van der Waals surface area contributed by atoms with Crippen LogP contribution >= 0.6 is 0 Å². The molecule has 1 aliphatic heterocycles. The fourth-order valence-corrected chi connectivity index (χ4v) is 3.75. The lowest BCUT2D eigenvalue weighted by Crippen LogP contribution is -2.41. The second-order valence-corrected chi connectivity index (χ2v) is 6.75. The Labute approximate surface area is 153 Å². The first-order chi connectivity index (χ1) is 12.8. The highest BCUT2D eigenvalue weighted by molar-refractivity contribution is 5.87. The summed E-state index contributed by atoms with van der Waals surface area (Å²) in [5.74, 6) is 1.57. The summed E-state index contributed by atoms with van der Waals surface area (Å²) in [6.45, 7) is 5.62. The molecule has 0 saturated carbocycles. The molecule has 2 aliphatic rings. The van der Waals surface area contributed by atoms with E-state index in [1.54, 1.807) is 12.3 Å². The third-order valence-electron chi connectivity index (χ3n) is 5.15. The van der Waals surface area contributed by atoms with E-state index in [0.29, 0.717) is 25.0 Å². The normalized spacial score (nSPS) is 19.3. The summed E-state index contributed by atoms with van der Waals surface area (Å²) in [7, 11) is 0. The molecule has 2 heterocycles.